The number of hydrogen-bond acceptors (Lipinski definition) is 6. The third kappa shape index (κ3) is 21.4. The van der Waals surface area contributed by atoms with Crippen molar-refractivity contribution in [2.45, 2.75) is 180 Å². The maximum atomic E-state index is 12.2. The molecule has 0 heterocycles. The lowest BCUT2D eigenvalue weighted by atomic mass is 10.0. The molecule has 0 aliphatic heterocycles. The van der Waals surface area contributed by atoms with Crippen molar-refractivity contribution in [3.05, 3.63) is 5.21 Å². The van der Waals surface area contributed by atoms with Gasteiger partial charge in [0.25, 0.3) is 0 Å². The summed E-state index contributed by atoms with van der Waals surface area (Å²) in [6.07, 6.45) is 22.9. The molecule has 3 atom stereocenters. The van der Waals surface area contributed by atoms with Crippen LogP contribution in [0.15, 0.2) is 0 Å². The lowest BCUT2D eigenvalue weighted by Crippen LogP contribution is -3.07. The SMILES string of the molecule is CCCCCCCCCCCCOC(OCCCCCCCCCCCC)(C(C)O)C(O)CC[NH+]([O-])CCCO. The van der Waals surface area contributed by atoms with Crippen LogP contribution >= 0.6 is 0 Å². The highest BCUT2D eigenvalue weighted by molar-refractivity contribution is 4.85. The molecular weight excluding hydrogens is 506 g/mol. The second kappa shape index (κ2) is 28.8. The normalized spacial score (nSPS) is 14.5. The Kier molecular flexibility index (Phi) is 28.6. The van der Waals surface area contributed by atoms with Crippen LogP contribution in [0.25, 0.3) is 0 Å². The van der Waals surface area contributed by atoms with Crippen molar-refractivity contribution in [1.82, 2.24) is 0 Å². The number of hydroxylamine groups is 2. The summed E-state index contributed by atoms with van der Waals surface area (Å²) in [6, 6.07) is 0. The van der Waals surface area contributed by atoms with Gasteiger partial charge >= 0.3 is 0 Å². The molecule has 0 aliphatic carbocycles. The van der Waals surface area contributed by atoms with E-state index in [4.69, 9.17) is 14.6 Å². The Hall–Kier alpha value is -0.280. The number of unbranched alkanes of at least 4 members (excludes halogenated alkanes) is 18. The van der Waals surface area contributed by atoms with Gasteiger partial charge < -0.3 is 35.1 Å². The molecule has 0 spiro atoms. The number of aliphatic hydroxyl groups is 3. The summed E-state index contributed by atoms with van der Waals surface area (Å²) in [7, 11) is 0. The van der Waals surface area contributed by atoms with E-state index in [0.29, 0.717) is 26.2 Å². The van der Waals surface area contributed by atoms with Gasteiger partial charge in [0.15, 0.2) is 0 Å². The maximum Gasteiger partial charge on any atom is 0.221 e. The first-order valence-electron chi connectivity index (χ1n) is 17.2. The Morgan fingerprint density at radius 3 is 1.32 bits per heavy atom. The van der Waals surface area contributed by atoms with Gasteiger partial charge in [-0.1, -0.05) is 129 Å². The predicted octanol–water partition coefficient (Wildman–Crippen LogP) is 6.45. The van der Waals surface area contributed by atoms with E-state index in [0.717, 1.165) is 25.7 Å². The Morgan fingerprint density at radius 2 is 0.975 bits per heavy atom. The summed E-state index contributed by atoms with van der Waals surface area (Å²) >= 11 is 0. The molecular formula is C33H69NO6. The zero-order chi connectivity index (χ0) is 29.7. The van der Waals surface area contributed by atoms with E-state index in [2.05, 4.69) is 13.8 Å². The summed E-state index contributed by atoms with van der Waals surface area (Å²) in [5, 5.41) is 43.0. The first-order chi connectivity index (χ1) is 19.4. The molecule has 0 bridgehead atoms. The van der Waals surface area contributed by atoms with Crippen molar-refractivity contribution in [3.63, 3.8) is 0 Å². The molecule has 0 amide bonds. The fraction of sp³-hybridized carbons (Fsp3) is 1.00. The van der Waals surface area contributed by atoms with Gasteiger partial charge in [0.05, 0.1) is 26.3 Å². The molecule has 0 aromatic heterocycles. The van der Waals surface area contributed by atoms with Crippen LogP contribution in [0.5, 0.6) is 0 Å². The Labute approximate surface area is 248 Å². The van der Waals surface area contributed by atoms with Crippen molar-refractivity contribution >= 4 is 0 Å². The fourth-order valence-electron chi connectivity index (χ4n) is 5.30. The minimum Gasteiger partial charge on any atom is -0.634 e. The molecule has 0 fully saturated rings. The summed E-state index contributed by atoms with van der Waals surface area (Å²) in [6.45, 7) is 7.38. The zero-order valence-electron chi connectivity index (χ0n) is 26.8. The van der Waals surface area contributed by atoms with Crippen molar-refractivity contribution in [1.29, 1.82) is 0 Å². The van der Waals surface area contributed by atoms with Crippen LogP contribution in [-0.2, 0) is 9.47 Å². The number of nitrogens with one attached hydrogen (secondary N) is 1. The van der Waals surface area contributed by atoms with Gasteiger partial charge in [0, 0.05) is 19.4 Å². The van der Waals surface area contributed by atoms with Crippen molar-refractivity contribution < 1.29 is 29.9 Å². The fourth-order valence-corrected chi connectivity index (χ4v) is 5.30. The standard InChI is InChI=1S/C33H69NO6/c1-4-6-8-10-12-14-16-18-20-22-29-39-33(31(3)36,32(37)25-27-34(38)26-24-28-35)40-30-23-21-19-17-15-13-11-9-7-5-2/h31-32,34-37H,4-30H2,1-3H3. The molecule has 0 aromatic carbocycles. The first kappa shape index (κ1) is 39.7. The van der Waals surface area contributed by atoms with E-state index in [1.807, 2.05) is 0 Å². The second-order valence-electron chi connectivity index (χ2n) is 11.9. The van der Waals surface area contributed by atoms with Crippen LogP contribution in [0, 0.1) is 5.21 Å². The number of quaternary nitrogens is 1. The van der Waals surface area contributed by atoms with E-state index < -0.39 is 18.0 Å². The number of ether oxygens (including phenoxy) is 2. The van der Waals surface area contributed by atoms with E-state index >= 15 is 0 Å². The zero-order valence-corrected chi connectivity index (χ0v) is 26.8. The average molecular weight is 576 g/mol. The Morgan fingerprint density at radius 1 is 0.600 bits per heavy atom. The highest BCUT2D eigenvalue weighted by atomic mass is 16.7. The summed E-state index contributed by atoms with van der Waals surface area (Å²) in [5.41, 5.74) is 0. The lowest BCUT2D eigenvalue weighted by molar-refractivity contribution is -0.849. The molecule has 0 saturated carbocycles. The van der Waals surface area contributed by atoms with Crippen LogP contribution < -0.4 is 5.06 Å². The minimum atomic E-state index is -1.52. The molecule has 7 nitrogen and oxygen atoms in total. The predicted molar refractivity (Wildman–Crippen MR) is 166 cm³/mol. The van der Waals surface area contributed by atoms with Crippen molar-refractivity contribution in [2.75, 3.05) is 32.9 Å². The molecule has 0 rings (SSSR count). The smallest absolute Gasteiger partial charge is 0.221 e. The third-order valence-electron chi connectivity index (χ3n) is 8.01. The van der Waals surface area contributed by atoms with Gasteiger partial charge in [-0.25, -0.2) is 0 Å². The molecule has 7 heteroatoms. The van der Waals surface area contributed by atoms with Crippen molar-refractivity contribution in [2.24, 2.45) is 0 Å². The highest BCUT2D eigenvalue weighted by Crippen LogP contribution is 2.27. The second-order valence-corrected chi connectivity index (χ2v) is 11.9. The molecule has 40 heavy (non-hydrogen) atoms. The van der Waals surface area contributed by atoms with Crippen molar-refractivity contribution in [3.8, 4) is 0 Å². The van der Waals surface area contributed by atoms with E-state index in [-0.39, 0.29) is 24.6 Å². The molecule has 4 N–H and O–H groups in total. The number of rotatable bonds is 32. The monoisotopic (exact) mass is 576 g/mol. The topological polar surface area (TPSA) is 107 Å². The van der Waals surface area contributed by atoms with Gasteiger partial charge in [0.2, 0.25) is 5.79 Å². The van der Waals surface area contributed by atoms with E-state index in [1.54, 1.807) is 6.92 Å². The van der Waals surface area contributed by atoms with Crippen LogP contribution in [0.1, 0.15) is 162 Å². The Balaban J connectivity index is 4.60. The summed E-state index contributed by atoms with van der Waals surface area (Å²) in [5.74, 6) is -1.52. The maximum absolute atomic E-state index is 12.2. The molecule has 0 saturated heterocycles. The molecule has 0 aromatic rings. The van der Waals surface area contributed by atoms with Crippen LogP contribution in [0.3, 0.4) is 0 Å². The minimum absolute atomic E-state index is 0.00280. The first-order valence-corrected chi connectivity index (χ1v) is 17.2. The number of aliphatic hydroxyl groups excluding tert-OH is 3. The van der Waals surface area contributed by atoms with Gasteiger partial charge in [-0.15, -0.1) is 0 Å². The largest absolute Gasteiger partial charge is 0.634 e. The molecule has 0 aliphatic rings. The average Bonchev–Trinajstić information content (AvgIpc) is 2.95. The number of hydrogen-bond donors (Lipinski definition) is 4. The molecule has 242 valence electrons. The summed E-state index contributed by atoms with van der Waals surface area (Å²) in [4.78, 5) is 0. The van der Waals surface area contributed by atoms with E-state index in [9.17, 15) is 15.4 Å². The lowest BCUT2D eigenvalue weighted by Gasteiger charge is -2.40. The third-order valence-corrected chi connectivity index (χ3v) is 8.01. The van der Waals surface area contributed by atoms with E-state index in [1.165, 1.54) is 103 Å². The van der Waals surface area contributed by atoms with Crippen LogP contribution in [0.4, 0.5) is 0 Å². The summed E-state index contributed by atoms with van der Waals surface area (Å²) < 4.78 is 12.3. The molecule has 3 unspecified atom stereocenters. The quantitative estimate of drug-likeness (QED) is 0.0417. The van der Waals surface area contributed by atoms with Crippen LogP contribution in [0.2, 0.25) is 0 Å². The molecule has 0 radical (unpaired) electrons. The highest BCUT2D eigenvalue weighted by Gasteiger charge is 2.45. The van der Waals surface area contributed by atoms with Crippen LogP contribution in [-0.4, -0.2) is 66.2 Å². The van der Waals surface area contributed by atoms with Gasteiger partial charge in [-0.05, 0) is 19.8 Å². The van der Waals surface area contributed by atoms with Gasteiger partial charge in [-0.2, -0.15) is 0 Å². The van der Waals surface area contributed by atoms with Gasteiger partial charge in [0.1, 0.15) is 12.2 Å². The Bertz CT molecular complexity index is 481. The van der Waals surface area contributed by atoms with Gasteiger partial charge in [-0.3, -0.25) is 0 Å².